The molecule has 0 bridgehead atoms. The Labute approximate surface area is 154 Å². The highest BCUT2D eigenvalue weighted by atomic mass is 79.9. The molecule has 2 N–H and O–H groups in total. The van der Waals surface area contributed by atoms with Crippen LogP contribution in [0.1, 0.15) is 18.1 Å². The molecule has 6 nitrogen and oxygen atoms in total. The molecule has 0 unspecified atom stereocenters. The Kier molecular flexibility index (Phi) is 6.71. The zero-order valence-corrected chi connectivity index (χ0v) is 15.5. The van der Waals surface area contributed by atoms with E-state index in [9.17, 15) is 9.59 Å². The molecule has 0 saturated carbocycles. The highest BCUT2D eigenvalue weighted by molar-refractivity contribution is 9.10. The quantitative estimate of drug-likeness (QED) is 0.456. The second kappa shape index (κ2) is 8.98. The van der Waals surface area contributed by atoms with Crippen molar-refractivity contribution in [3.63, 3.8) is 0 Å². The van der Waals surface area contributed by atoms with E-state index in [2.05, 4.69) is 31.8 Å². The van der Waals surface area contributed by atoms with E-state index in [4.69, 9.17) is 4.74 Å². The van der Waals surface area contributed by atoms with Crippen LogP contribution in [-0.4, -0.2) is 24.6 Å². The molecule has 0 atom stereocenters. The number of nitrogens with one attached hydrogen (secondary N) is 2. The zero-order chi connectivity index (χ0) is 18.2. The Hall–Kier alpha value is -2.67. The third kappa shape index (κ3) is 5.42. The van der Waals surface area contributed by atoms with E-state index < -0.39 is 11.8 Å². The number of rotatable bonds is 5. The number of hydrazone groups is 1. The van der Waals surface area contributed by atoms with E-state index in [1.807, 2.05) is 26.0 Å². The summed E-state index contributed by atoms with van der Waals surface area (Å²) < 4.78 is 6.20. The molecular weight excluding hydrogens is 386 g/mol. The molecule has 0 heterocycles. The van der Waals surface area contributed by atoms with Crippen LogP contribution < -0.4 is 15.5 Å². The van der Waals surface area contributed by atoms with Gasteiger partial charge in [0.05, 0.1) is 17.3 Å². The maximum Gasteiger partial charge on any atom is 0.329 e. The van der Waals surface area contributed by atoms with Gasteiger partial charge in [-0.1, -0.05) is 18.2 Å². The van der Waals surface area contributed by atoms with Gasteiger partial charge in [0.1, 0.15) is 5.75 Å². The normalized spacial score (nSPS) is 10.5. The van der Waals surface area contributed by atoms with Crippen molar-refractivity contribution < 1.29 is 14.3 Å². The van der Waals surface area contributed by atoms with Crippen LogP contribution in [-0.2, 0) is 9.59 Å². The monoisotopic (exact) mass is 403 g/mol. The van der Waals surface area contributed by atoms with E-state index in [0.717, 1.165) is 21.3 Å². The predicted molar refractivity (Wildman–Crippen MR) is 101 cm³/mol. The van der Waals surface area contributed by atoms with Crippen LogP contribution in [0, 0.1) is 6.92 Å². The summed E-state index contributed by atoms with van der Waals surface area (Å²) in [6.45, 7) is 4.31. The standard InChI is InChI=1S/C18H18BrN3O3/c1-3-25-16-9-8-13(10-14(16)19)11-20-22-18(24)17(23)21-15-7-5-4-6-12(15)2/h4-11H,3H2,1-2H3,(H,21,23)(H,22,24)/b20-11-. The minimum absolute atomic E-state index is 0.568. The van der Waals surface area contributed by atoms with Crippen molar-refractivity contribution in [3.8, 4) is 5.75 Å². The first-order valence-electron chi connectivity index (χ1n) is 7.63. The molecule has 0 spiro atoms. The SMILES string of the molecule is CCOc1ccc(/C=N\NC(=O)C(=O)Nc2ccccc2C)cc1Br. The largest absolute Gasteiger partial charge is 0.493 e. The number of carbonyl (C=O) groups excluding carboxylic acids is 2. The van der Waals surface area contributed by atoms with Gasteiger partial charge in [-0.15, -0.1) is 0 Å². The van der Waals surface area contributed by atoms with Gasteiger partial charge in [0, 0.05) is 5.69 Å². The summed E-state index contributed by atoms with van der Waals surface area (Å²) in [7, 11) is 0. The Morgan fingerprint density at radius 2 is 1.96 bits per heavy atom. The number of ether oxygens (including phenoxy) is 1. The van der Waals surface area contributed by atoms with E-state index in [1.54, 1.807) is 30.3 Å². The van der Waals surface area contributed by atoms with Crippen molar-refractivity contribution in [3.05, 3.63) is 58.1 Å². The lowest BCUT2D eigenvalue weighted by Crippen LogP contribution is -2.32. The number of amides is 2. The van der Waals surface area contributed by atoms with Gasteiger partial charge in [0.15, 0.2) is 0 Å². The van der Waals surface area contributed by atoms with Gasteiger partial charge in [-0.3, -0.25) is 9.59 Å². The lowest BCUT2D eigenvalue weighted by Gasteiger charge is -2.07. The minimum Gasteiger partial charge on any atom is -0.493 e. The van der Waals surface area contributed by atoms with Crippen molar-refractivity contribution in [1.29, 1.82) is 0 Å². The van der Waals surface area contributed by atoms with Crippen molar-refractivity contribution >= 4 is 39.6 Å². The van der Waals surface area contributed by atoms with E-state index in [1.165, 1.54) is 6.21 Å². The molecule has 0 radical (unpaired) electrons. The van der Waals surface area contributed by atoms with Crippen LogP contribution >= 0.6 is 15.9 Å². The van der Waals surface area contributed by atoms with Crippen molar-refractivity contribution in [1.82, 2.24) is 5.43 Å². The van der Waals surface area contributed by atoms with Gasteiger partial charge in [-0.25, -0.2) is 5.43 Å². The molecule has 0 aromatic heterocycles. The summed E-state index contributed by atoms with van der Waals surface area (Å²) in [6.07, 6.45) is 1.44. The number of benzene rings is 2. The van der Waals surface area contributed by atoms with Gasteiger partial charge in [-0.05, 0) is 65.2 Å². The third-order valence-electron chi connectivity index (χ3n) is 3.23. The zero-order valence-electron chi connectivity index (χ0n) is 13.9. The van der Waals surface area contributed by atoms with Crippen LogP contribution in [0.25, 0.3) is 0 Å². The van der Waals surface area contributed by atoms with E-state index in [0.29, 0.717) is 12.3 Å². The van der Waals surface area contributed by atoms with E-state index >= 15 is 0 Å². The lowest BCUT2D eigenvalue weighted by molar-refractivity contribution is -0.136. The topological polar surface area (TPSA) is 79.8 Å². The molecule has 2 aromatic carbocycles. The highest BCUT2D eigenvalue weighted by Crippen LogP contribution is 2.25. The Morgan fingerprint density at radius 3 is 2.64 bits per heavy atom. The summed E-state index contributed by atoms with van der Waals surface area (Å²) in [4.78, 5) is 23.6. The average Bonchev–Trinajstić information content (AvgIpc) is 2.59. The lowest BCUT2D eigenvalue weighted by atomic mass is 10.2. The minimum atomic E-state index is -0.843. The van der Waals surface area contributed by atoms with E-state index in [-0.39, 0.29) is 0 Å². The number of aryl methyl sites for hydroxylation is 1. The fraction of sp³-hybridized carbons (Fsp3) is 0.167. The number of anilines is 1. The molecule has 2 amide bonds. The molecule has 0 aliphatic heterocycles. The summed E-state index contributed by atoms with van der Waals surface area (Å²) in [5.74, 6) is -0.898. The van der Waals surface area contributed by atoms with Gasteiger partial charge in [-0.2, -0.15) is 5.10 Å². The summed E-state index contributed by atoms with van der Waals surface area (Å²) >= 11 is 3.40. The Balaban J connectivity index is 1.92. The van der Waals surface area contributed by atoms with Gasteiger partial charge >= 0.3 is 11.8 Å². The fourth-order valence-electron chi connectivity index (χ4n) is 1.98. The first-order valence-corrected chi connectivity index (χ1v) is 8.43. The molecule has 0 fully saturated rings. The summed E-state index contributed by atoms with van der Waals surface area (Å²) in [5.41, 5.74) is 4.40. The average molecular weight is 404 g/mol. The first kappa shape index (κ1) is 18.7. The number of halogens is 1. The molecule has 0 aliphatic rings. The highest BCUT2D eigenvalue weighted by Gasteiger charge is 2.13. The Morgan fingerprint density at radius 1 is 1.20 bits per heavy atom. The third-order valence-corrected chi connectivity index (χ3v) is 3.85. The van der Waals surface area contributed by atoms with Gasteiger partial charge in [0.2, 0.25) is 0 Å². The molecule has 0 aliphatic carbocycles. The predicted octanol–water partition coefficient (Wildman–Crippen LogP) is 3.25. The van der Waals surface area contributed by atoms with Crippen molar-refractivity contribution in [2.75, 3.05) is 11.9 Å². The number of nitrogens with zero attached hydrogens (tertiary/aromatic N) is 1. The second-order valence-corrected chi connectivity index (χ2v) is 5.95. The maximum absolute atomic E-state index is 11.9. The fourth-order valence-corrected chi connectivity index (χ4v) is 2.49. The number of hydrogen-bond acceptors (Lipinski definition) is 4. The molecule has 130 valence electrons. The van der Waals surface area contributed by atoms with Crippen molar-refractivity contribution in [2.24, 2.45) is 5.10 Å². The van der Waals surface area contributed by atoms with Gasteiger partial charge < -0.3 is 10.1 Å². The molecule has 7 heteroatoms. The number of carbonyl (C=O) groups is 2. The molecule has 25 heavy (non-hydrogen) atoms. The van der Waals surface area contributed by atoms with Crippen LogP contribution in [0.3, 0.4) is 0 Å². The van der Waals surface area contributed by atoms with Crippen LogP contribution in [0.5, 0.6) is 5.75 Å². The molecule has 2 rings (SSSR count). The number of para-hydroxylation sites is 1. The van der Waals surface area contributed by atoms with Gasteiger partial charge in [0.25, 0.3) is 0 Å². The smallest absolute Gasteiger partial charge is 0.329 e. The van der Waals surface area contributed by atoms with Crippen LogP contribution in [0.4, 0.5) is 5.69 Å². The molecule has 0 saturated heterocycles. The first-order chi connectivity index (χ1) is 12.0. The van der Waals surface area contributed by atoms with Crippen molar-refractivity contribution in [2.45, 2.75) is 13.8 Å². The van der Waals surface area contributed by atoms with Crippen LogP contribution in [0.15, 0.2) is 52.0 Å². The molecular formula is C18H18BrN3O3. The number of hydrogen-bond donors (Lipinski definition) is 2. The Bertz CT molecular complexity index is 806. The summed E-state index contributed by atoms with van der Waals surface area (Å²) in [6, 6.07) is 12.6. The maximum atomic E-state index is 11.9. The van der Waals surface area contributed by atoms with Crippen LogP contribution in [0.2, 0.25) is 0 Å². The molecule has 2 aromatic rings. The summed E-state index contributed by atoms with van der Waals surface area (Å²) in [5, 5.41) is 6.34. The second-order valence-electron chi connectivity index (χ2n) is 5.09.